The third-order valence-electron chi connectivity index (χ3n) is 4.45. The molecule has 0 aliphatic heterocycles. The summed E-state index contributed by atoms with van der Waals surface area (Å²) in [5.41, 5.74) is 0.805. The molecule has 2 heterocycles. The number of anilines is 1. The molecular formula is C21H14ClF3N4O. The highest BCUT2D eigenvalue weighted by molar-refractivity contribution is 6.29. The van der Waals surface area contributed by atoms with Crippen LogP contribution in [0.1, 0.15) is 21.6 Å². The van der Waals surface area contributed by atoms with Gasteiger partial charge in [0, 0.05) is 5.39 Å². The number of hydrogen-bond acceptors (Lipinski definition) is 3. The van der Waals surface area contributed by atoms with Gasteiger partial charge >= 0.3 is 6.18 Å². The number of rotatable bonds is 4. The Morgan fingerprint density at radius 1 is 1.00 bits per heavy atom. The van der Waals surface area contributed by atoms with Gasteiger partial charge < -0.3 is 5.32 Å². The van der Waals surface area contributed by atoms with E-state index in [2.05, 4.69) is 15.4 Å². The number of nitrogens with one attached hydrogen (secondary N) is 1. The topological polar surface area (TPSA) is 59.8 Å². The van der Waals surface area contributed by atoms with Crippen molar-refractivity contribution < 1.29 is 18.0 Å². The van der Waals surface area contributed by atoms with Crippen molar-refractivity contribution in [3.63, 3.8) is 0 Å². The molecule has 0 bridgehead atoms. The highest BCUT2D eigenvalue weighted by Gasteiger charge is 2.30. The fraction of sp³-hybridized carbons (Fsp3) is 0.0952. The van der Waals surface area contributed by atoms with Crippen molar-refractivity contribution in [2.75, 3.05) is 5.32 Å². The van der Waals surface area contributed by atoms with Crippen LogP contribution in [0.5, 0.6) is 0 Å². The summed E-state index contributed by atoms with van der Waals surface area (Å²) in [7, 11) is 0. The van der Waals surface area contributed by atoms with E-state index in [1.807, 2.05) is 12.1 Å². The van der Waals surface area contributed by atoms with Gasteiger partial charge in [-0.2, -0.15) is 18.3 Å². The number of carbonyl (C=O) groups excluding carboxylic acids is 1. The van der Waals surface area contributed by atoms with Gasteiger partial charge in [0.25, 0.3) is 5.91 Å². The second-order valence-electron chi connectivity index (χ2n) is 6.52. The van der Waals surface area contributed by atoms with Crippen LogP contribution in [-0.2, 0) is 12.7 Å². The molecule has 0 saturated heterocycles. The van der Waals surface area contributed by atoms with Crippen molar-refractivity contribution in [3.05, 3.63) is 88.7 Å². The molecule has 30 heavy (non-hydrogen) atoms. The first-order valence-corrected chi connectivity index (χ1v) is 9.24. The zero-order valence-electron chi connectivity index (χ0n) is 15.3. The van der Waals surface area contributed by atoms with Gasteiger partial charge in [-0.15, -0.1) is 0 Å². The summed E-state index contributed by atoms with van der Waals surface area (Å²) in [6, 6.07) is 16.8. The maximum absolute atomic E-state index is 12.8. The van der Waals surface area contributed by atoms with E-state index < -0.39 is 17.6 Å². The number of fused-ring (bicyclic) bond motifs is 1. The molecule has 0 radical (unpaired) electrons. The standard InChI is InChI=1S/C21H14ClF3N4O/c22-18-7-3-5-16(26-18)20(30)27-19-15-4-1-2-6-17(15)29(28-19)12-13-8-10-14(11-9-13)21(23,24)25/h1-11H,12H2,(H,27,28,30). The maximum atomic E-state index is 12.8. The van der Waals surface area contributed by atoms with E-state index >= 15 is 0 Å². The average molecular weight is 431 g/mol. The van der Waals surface area contributed by atoms with E-state index in [0.717, 1.165) is 17.6 Å². The van der Waals surface area contributed by atoms with Crippen LogP contribution in [0.25, 0.3) is 10.9 Å². The molecule has 0 aliphatic rings. The molecule has 0 aliphatic carbocycles. The van der Waals surface area contributed by atoms with Crippen LogP contribution in [0.2, 0.25) is 5.15 Å². The zero-order valence-corrected chi connectivity index (χ0v) is 16.1. The summed E-state index contributed by atoms with van der Waals surface area (Å²) in [5, 5.41) is 8.06. The molecule has 0 fully saturated rings. The van der Waals surface area contributed by atoms with Crippen molar-refractivity contribution in [2.45, 2.75) is 12.7 Å². The molecule has 0 saturated carbocycles. The van der Waals surface area contributed by atoms with Gasteiger partial charge in [-0.3, -0.25) is 9.48 Å². The quantitative estimate of drug-likeness (QED) is 0.441. The molecule has 5 nitrogen and oxygen atoms in total. The number of pyridine rings is 1. The normalized spacial score (nSPS) is 11.6. The van der Waals surface area contributed by atoms with Gasteiger partial charge in [-0.05, 0) is 42.0 Å². The Labute approximate surface area is 174 Å². The van der Waals surface area contributed by atoms with Crippen molar-refractivity contribution in [1.29, 1.82) is 0 Å². The molecule has 152 valence electrons. The van der Waals surface area contributed by atoms with E-state index in [0.29, 0.717) is 16.8 Å². The summed E-state index contributed by atoms with van der Waals surface area (Å²) in [6.07, 6.45) is -4.39. The van der Waals surface area contributed by atoms with Gasteiger partial charge in [-0.1, -0.05) is 41.9 Å². The van der Waals surface area contributed by atoms with E-state index in [9.17, 15) is 18.0 Å². The van der Waals surface area contributed by atoms with Gasteiger partial charge in [0.05, 0.1) is 17.6 Å². The number of aromatic nitrogens is 3. The molecule has 2 aromatic carbocycles. The van der Waals surface area contributed by atoms with Crippen LogP contribution in [0, 0.1) is 0 Å². The summed E-state index contributed by atoms with van der Waals surface area (Å²) < 4.78 is 39.9. The Kier molecular flexibility index (Phi) is 5.17. The number of amides is 1. The van der Waals surface area contributed by atoms with Gasteiger partial charge in [0.15, 0.2) is 5.82 Å². The largest absolute Gasteiger partial charge is 0.416 e. The highest BCUT2D eigenvalue weighted by Crippen LogP contribution is 2.29. The van der Waals surface area contributed by atoms with Gasteiger partial charge in [0.1, 0.15) is 10.8 Å². The van der Waals surface area contributed by atoms with Crippen LogP contribution in [0.15, 0.2) is 66.7 Å². The lowest BCUT2D eigenvalue weighted by Gasteiger charge is -2.08. The molecule has 1 N–H and O–H groups in total. The van der Waals surface area contributed by atoms with Crippen molar-refractivity contribution in [1.82, 2.24) is 14.8 Å². The monoisotopic (exact) mass is 430 g/mol. The maximum Gasteiger partial charge on any atom is 0.416 e. The minimum absolute atomic E-state index is 0.142. The number of halogens is 4. The first-order chi connectivity index (χ1) is 14.3. The van der Waals surface area contributed by atoms with Crippen molar-refractivity contribution in [3.8, 4) is 0 Å². The Morgan fingerprint density at radius 2 is 1.73 bits per heavy atom. The summed E-state index contributed by atoms with van der Waals surface area (Å²) in [6.45, 7) is 0.240. The predicted molar refractivity (Wildman–Crippen MR) is 107 cm³/mol. The molecule has 4 aromatic rings. The lowest BCUT2D eigenvalue weighted by Crippen LogP contribution is -2.14. The second kappa shape index (κ2) is 7.79. The smallest absolute Gasteiger partial charge is 0.303 e. The Morgan fingerprint density at radius 3 is 2.43 bits per heavy atom. The number of benzene rings is 2. The lowest BCUT2D eigenvalue weighted by atomic mass is 10.1. The predicted octanol–water partition coefficient (Wildman–Crippen LogP) is 5.40. The highest BCUT2D eigenvalue weighted by atomic mass is 35.5. The number of nitrogens with zero attached hydrogens (tertiary/aromatic N) is 3. The zero-order chi connectivity index (χ0) is 21.3. The third kappa shape index (κ3) is 4.13. The van der Waals surface area contributed by atoms with E-state index in [1.165, 1.54) is 18.2 Å². The number of alkyl halides is 3. The second-order valence-corrected chi connectivity index (χ2v) is 6.91. The fourth-order valence-electron chi connectivity index (χ4n) is 3.02. The van der Waals surface area contributed by atoms with E-state index in [4.69, 9.17) is 11.6 Å². The molecule has 9 heteroatoms. The minimum atomic E-state index is -4.39. The summed E-state index contributed by atoms with van der Waals surface area (Å²) in [4.78, 5) is 16.5. The minimum Gasteiger partial charge on any atom is -0.303 e. The number of hydrogen-bond donors (Lipinski definition) is 1. The molecule has 4 rings (SSSR count). The summed E-state index contributed by atoms with van der Waals surface area (Å²) >= 11 is 5.84. The fourth-order valence-corrected chi connectivity index (χ4v) is 3.18. The lowest BCUT2D eigenvalue weighted by molar-refractivity contribution is -0.137. The number of para-hydroxylation sites is 1. The van der Waals surface area contributed by atoms with E-state index in [1.54, 1.807) is 28.9 Å². The molecule has 2 aromatic heterocycles. The average Bonchev–Trinajstić information content (AvgIpc) is 3.05. The van der Waals surface area contributed by atoms with E-state index in [-0.39, 0.29) is 17.4 Å². The molecule has 0 atom stereocenters. The van der Waals surface area contributed by atoms with Crippen LogP contribution in [-0.4, -0.2) is 20.7 Å². The van der Waals surface area contributed by atoms with Crippen molar-refractivity contribution >= 4 is 34.2 Å². The van der Waals surface area contributed by atoms with Gasteiger partial charge in [-0.25, -0.2) is 4.98 Å². The SMILES string of the molecule is O=C(Nc1nn(Cc2ccc(C(F)(F)F)cc2)c2ccccc12)c1cccc(Cl)n1. The van der Waals surface area contributed by atoms with Crippen LogP contribution < -0.4 is 5.32 Å². The van der Waals surface area contributed by atoms with Crippen molar-refractivity contribution in [2.24, 2.45) is 0 Å². The van der Waals surface area contributed by atoms with Crippen LogP contribution in [0.3, 0.4) is 0 Å². The third-order valence-corrected chi connectivity index (χ3v) is 4.66. The Bertz CT molecular complexity index is 1220. The first kappa shape index (κ1) is 19.9. The van der Waals surface area contributed by atoms with Crippen LogP contribution in [0.4, 0.5) is 19.0 Å². The Balaban J connectivity index is 1.63. The first-order valence-electron chi connectivity index (χ1n) is 8.87. The molecule has 1 amide bonds. The van der Waals surface area contributed by atoms with Gasteiger partial charge in [0.2, 0.25) is 0 Å². The molecule has 0 unspecified atom stereocenters. The van der Waals surface area contributed by atoms with Crippen LogP contribution >= 0.6 is 11.6 Å². The summed E-state index contributed by atoms with van der Waals surface area (Å²) in [5.74, 6) is -0.147. The number of carbonyl (C=O) groups is 1. The Hall–Kier alpha value is -3.39. The molecule has 0 spiro atoms. The molecular weight excluding hydrogens is 417 g/mol.